The van der Waals surface area contributed by atoms with Crippen molar-refractivity contribution in [2.75, 3.05) is 11.4 Å². The maximum Gasteiger partial charge on any atom is 0.419 e. The molecular weight excluding hydrogens is 527 g/mol. The summed E-state index contributed by atoms with van der Waals surface area (Å²) in [5.74, 6) is 0.250. The van der Waals surface area contributed by atoms with Crippen molar-refractivity contribution in [3.05, 3.63) is 81.9 Å². The van der Waals surface area contributed by atoms with E-state index in [2.05, 4.69) is 52.2 Å². The Morgan fingerprint density at radius 1 is 1.00 bits per heavy atom. The summed E-state index contributed by atoms with van der Waals surface area (Å²) in [6.07, 6.45) is 1.20. The Morgan fingerprint density at radius 3 is 2.38 bits per heavy atom. The fourth-order valence-electron chi connectivity index (χ4n) is 5.31. The van der Waals surface area contributed by atoms with Crippen LogP contribution >= 0.6 is 11.6 Å². The predicted octanol–water partition coefficient (Wildman–Crippen LogP) is 6.57. The van der Waals surface area contributed by atoms with Crippen LogP contribution in [0.1, 0.15) is 41.8 Å². The Bertz CT molecular complexity index is 1650. The molecule has 0 aliphatic carbocycles. The first kappa shape index (κ1) is 25.4. The number of rotatable bonds is 5. The second-order valence-corrected chi connectivity index (χ2v) is 9.92. The maximum atomic E-state index is 13.1. The highest BCUT2D eigenvalue weighted by Gasteiger charge is 2.33. The third kappa shape index (κ3) is 4.32. The van der Waals surface area contributed by atoms with Crippen LogP contribution in [0.2, 0.25) is 5.02 Å². The number of benzene rings is 2. The third-order valence-corrected chi connectivity index (χ3v) is 7.59. The first-order chi connectivity index (χ1) is 18.8. The molecule has 3 aromatic heterocycles. The van der Waals surface area contributed by atoms with Gasteiger partial charge in [-0.1, -0.05) is 49.7 Å². The van der Waals surface area contributed by atoms with E-state index in [0.717, 1.165) is 64.3 Å². The van der Waals surface area contributed by atoms with Crippen LogP contribution in [0.25, 0.3) is 27.8 Å². The number of halogens is 4. The van der Waals surface area contributed by atoms with E-state index in [0.29, 0.717) is 24.5 Å². The Labute approximate surface area is 227 Å². The molecule has 1 aliphatic rings. The summed E-state index contributed by atoms with van der Waals surface area (Å²) >= 11 is 6.48. The molecule has 1 aliphatic heterocycles. The first-order valence-electron chi connectivity index (χ1n) is 12.8. The van der Waals surface area contributed by atoms with E-state index in [-0.39, 0.29) is 5.95 Å². The molecule has 0 spiro atoms. The number of aryl methyl sites for hydroxylation is 2. The molecule has 0 radical (unpaired) electrons. The van der Waals surface area contributed by atoms with Crippen molar-refractivity contribution in [1.29, 1.82) is 0 Å². The van der Waals surface area contributed by atoms with Gasteiger partial charge in [-0.15, -0.1) is 0 Å². The summed E-state index contributed by atoms with van der Waals surface area (Å²) in [5, 5.41) is 13.8. The third-order valence-electron chi connectivity index (χ3n) is 7.28. The minimum Gasteiger partial charge on any atom is -0.336 e. The van der Waals surface area contributed by atoms with Crippen molar-refractivity contribution >= 4 is 28.5 Å². The number of para-hydroxylation sites is 1. The van der Waals surface area contributed by atoms with Crippen LogP contribution in [0.3, 0.4) is 0 Å². The summed E-state index contributed by atoms with van der Waals surface area (Å²) in [4.78, 5) is 10.0. The molecule has 1 N–H and O–H groups in total. The Morgan fingerprint density at radius 2 is 1.72 bits per heavy atom. The van der Waals surface area contributed by atoms with Gasteiger partial charge in [0.2, 0.25) is 5.95 Å². The molecule has 39 heavy (non-hydrogen) atoms. The van der Waals surface area contributed by atoms with E-state index in [1.807, 2.05) is 21.7 Å². The molecule has 11 heteroatoms. The van der Waals surface area contributed by atoms with Gasteiger partial charge in [0.05, 0.1) is 39.4 Å². The molecule has 0 amide bonds. The van der Waals surface area contributed by atoms with Gasteiger partial charge in [0.1, 0.15) is 0 Å². The SMILES string of the molecule is CCc1cccc(CC)c1-n1nc2c(c1-c1ccc(Cl)c3[nH]ncc13)CN(c1ncc(C(F)(F)F)cn1)CC2. The van der Waals surface area contributed by atoms with Crippen LogP contribution in [0, 0.1) is 0 Å². The zero-order chi connectivity index (χ0) is 27.3. The average Bonchev–Trinajstić information content (AvgIpc) is 3.58. The van der Waals surface area contributed by atoms with Crippen LogP contribution in [-0.2, 0) is 32.0 Å². The largest absolute Gasteiger partial charge is 0.419 e. The molecule has 0 fully saturated rings. The number of anilines is 1. The highest BCUT2D eigenvalue weighted by molar-refractivity contribution is 6.35. The number of hydrogen-bond acceptors (Lipinski definition) is 5. The van der Waals surface area contributed by atoms with Crippen LogP contribution < -0.4 is 4.90 Å². The van der Waals surface area contributed by atoms with Crippen LogP contribution in [0.4, 0.5) is 19.1 Å². The van der Waals surface area contributed by atoms with E-state index in [4.69, 9.17) is 16.7 Å². The van der Waals surface area contributed by atoms with Crippen LogP contribution in [0.15, 0.2) is 48.9 Å². The fourth-order valence-corrected chi connectivity index (χ4v) is 5.52. The minimum atomic E-state index is -4.49. The zero-order valence-electron chi connectivity index (χ0n) is 21.3. The second-order valence-electron chi connectivity index (χ2n) is 9.51. The van der Waals surface area contributed by atoms with E-state index >= 15 is 0 Å². The lowest BCUT2D eigenvalue weighted by Crippen LogP contribution is -2.31. The lowest BCUT2D eigenvalue weighted by Gasteiger charge is -2.27. The normalized spacial score (nSPS) is 13.7. The number of fused-ring (bicyclic) bond motifs is 2. The number of H-pyrrole nitrogens is 1. The average molecular weight is 552 g/mol. The van der Waals surface area contributed by atoms with Gasteiger partial charge in [0.15, 0.2) is 0 Å². The zero-order valence-corrected chi connectivity index (χ0v) is 22.1. The second kappa shape index (κ2) is 9.68. The summed E-state index contributed by atoms with van der Waals surface area (Å²) in [7, 11) is 0. The highest BCUT2D eigenvalue weighted by Crippen LogP contribution is 2.40. The van der Waals surface area contributed by atoms with Crippen molar-refractivity contribution in [3.8, 4) is 16.9 Å². The first-order valence-corrected chi connectivity index (χ1v) is 13.2. The molecule has 0 bridgehead atoms. The highest BCUT2D eigenvalue weighted by atomic mass is 35.5. The molecule has 0 atom stereocenters. The molecule has 0 unspecified atom stereocenters. The number of aromatic amines is 1. The van der Waals surface area contributed by atoms with Crippen molar-refractivity contribution in [2.24, 2.45) is 0 Å². The number of nitrogens with zero attached hydrogens (tertiary/aromatic N) is 6. The minimum absolute atomic E-state index is 0.250. The topological polar surface area (TPSA) is 75.5 Å². The van der Waals surface area contributed by atoms with E-state index in [1.165, 1.54) is 11.1 Å². The Kier molecular flexibility index (Phi) is 6.29. The smallest absolute Gasteiger partial charge is 0.336 e. The Hall–Kier alpha value is -3.92. The summed E-state index contributed by atoms with van der Waals surface area (Å²) in [6.45, 7) is 5.18. The molecule has 2 aromatic carbocycles. The summed E-state index contributed by atoms with van der Waals surface area (Å²) < 4.78 is 41.3. The summed E-state index contributed by atoms with van der Waals surface area (Å²) in [5.41, 5.74) is 7.00. The molecule has 7 nitrogen and oxygen atoms in total. The van der Waals surface area contributed by atoms with Gasteiger partial charge in [0.25, 0.3) is 0 Å². The number of alkyl halides is 3. The van der Waals surface area contributed by atoms with E-state index in [9.17, 15) is 13.2 Å². The molecule has 0 saturated carbocycles. The van der Waals surface area contributed by atoms with E-state index < -0.39 is 11.7 Å². The number of aromatic nitrogens is 6. The van der Waals surface area contributed by atoms with Gasteiger partial charge in [-0.25, -0.2) is 14.6 Å². The van der Waals surface area contributed by atoms with Crippen molar-refractivity contribution in [1.82, 2.24) is 29.9 Å². The van der Waals surface area contributed by atoms with Gasteiger partial charge < -0.3 is 4.90 Å². The number of hydrogen-bond donors (Lipinski definition) is 1. The predicted molar refractivity (Wildman–Crippen MR) is 144 cm³/mol. The molecule has 0 saturated heterocycles. The van der Waals surface area contributed by atoms with Crippen molar-refractivity contribution in [2.45, 2.75) is 45.8 Å². The summed E-state index contributed by atoms with van der Waals surface area (Å²) in [6, 6.07) is 10.1. The molecule has 6 rings (SSSR count). The standard InChI is InChI=1S/C28H25ClF3N7/c1-3-16-6-5-7-17(4-2)25(16)39-26(19-8-9-22(29)24-20(19)14-35-36-24)21-15-38(11-10-23(21)37-39)27-33-12-18(13-34-27)28(30,31)32/h5-9,12-14H,3-4,10-11,15H2,1-2H3,(H,35,36). The molecule has 4 heterocycles. The Balaban J connectivity index is 1.55. The lowest BCUT2D eigenvalue weighted by atomic mass is 9.97. The van der Waals surface area contributed by atoms with Crippen molar-refractivity contribution in [3.63, 3.8) is 0 Å². The molecule has 5 aromatic rings. The molecular formula is C28H25ClF3N7. The maximum absolute atomic E-state index is 13.1. The van der Waals surface area contributed by atoms with E-state index in [1.54, 1.807) is 6.20 Å². The fraction of sp³-hybridized carbons (Fsp3) is 0.286. The van der Waals surface area contributed by atoms with Crippen LogP contribution in [0.5, 0.6) is 0 Å². The van der Waals surface area contributed by atoms with Crippen LogP contribution in [-0.4, -0.2) is 36.5 Å². The monoisotopic (exact) mass is 551 g/mol. The molecule has 200 valence electrons. The number of nitrogens with one attached hydrogen (secondary N) is 1. The van der Waals surface area contributed by atoms with Gasteiger partial charge in [-0.05, 0) is 30.0 Å². The van der Waals surface area contributed by atoms with Crippen molar-refractivity contribution < 1.29 is 13.2 Å². The van der Waals surface area contributed by atoms with Gasteiger partial charge >= 0.3 is 6.18 Å². The van der Waals surface area contributed by atoms with Gasteiger partial charge in [-0.2, -0.15) is 23.4 Å². The quantitative estimate of drug-likeness (QED) is 0.267. The van der Waals surface area contributed by atoms with Gasteiger partial charge in [0, 0.05) is 48.4 Å². The lowest BCUT2D eigenvalue weighted by molar-refractivity contribution is -0.138. The van der Waals surface area contributed by atoms with Gasteiger partial charge in [-0.3, -0.25) is 5.10 Å².